The number of hydrazine groups is 1. The van der Waals surface area contributed by atoms with Crippen LogP contribution in [0, 0.1) is 11.8 Å². The van der Waals surface area contributed by atoms with Gasteiger partial charge < -0.3 is 5.11 Å². The summed E-state index contributed by atoms with van der Waals surface area (Å²) < 4.78 is 1.01. The number of piperidine rings is 1. The molecule has 2 aromatic carbocycles. The van der Waals surface area contributed by atoms with E-state index >= 15 is 0 Å². The summed E-state index contributed by atoms with van der Waals surface area (Å²) in [5.41, 5.74) is 10.1. The highest BCUT2D eigenvalue weighted by Crippen LogP contribution is 2.42. The number of fused-ring (bicyclic) bond motifs is 1. The topological polar surface area (TPSA) is 73.4 Å². The third-order valence-corrected chi connectivity index (χ3v) is 6.36. The number of aliphatic carboxylic acids is 1. The number of carbonyl (C=O) groups is 1. The highest BCUT2D eigenvalue weighted by Gasteiger charge is 2.49. The van der Waals surface area contributed by atoms with Crippen LogP contribution in [0.1, 0.15) is 42.1 Å². The fourth-order valence-corrected chi connectivity index (χ4v) is 4.60. The molecule has 27 heavy (non-hydrogen) atoms. The van der Waals surface area contributed by atoms with Crippen LogP contribution in [0.15, 0.2) is 53.0 Å². The number of rotatable bonds is 4. The van der Waals surface area contributed by atoms with Crippen LogP contribution in [0.2, 0.25) is 0 Å². The number of hydrogen-bond donors (Lipinski definition) is 4. The van der Waals surface area contributed by atoms with Gasteiger partial charge in [0.25, 0.3) is 0 Å². The molecule has 0 amide bonds. The lowest BCUT2D eigenvalue weighted by Crippen LogP contribution is -2.53. The van der Waals surface area contributed by atoms with Crippen molar-refractivity contribution in [3.63, 3.8) is 0 Å². The number of aryl methyl sites for hydroxylation is 1. The SMILES string of the molecule is CCc1ccc(C2CC(C(=O)O)C3C(NNC3c3ccc(Br)cc3)N2)cc1. The molecule has 5 unspecified atom stereocenters. The predicted molar refractivity (Wildman–Crippen MR) is 108 cm³/mol. The van der Waals surface area contributed by atoms with Crippen molar-refractivity contribution < 1.29 is 9.90 Å². The Hall–Kier alpha value is -1.73. The smallest absolute Gasteiger partial charge is 0.307 e. The highest BCUT2D eigenvalue weighted by atomic mass is 79.9. The molecule has 2 aliphatic rings. The summed E-state index contributed by atoms with van der Waals surface area (Å²) in [6.07, 6.45) is 1.49. The molecular weight excluding hydrogens is 406 g/mol. The Bertz CT molecular complexity index is 809. The second-order valence-corrected chi connectivity index (χ2v) is 8.28. The van der Waals surface area contributed by atoms with Gasteiger partial charge in [0.15, 0.2) is 0 Å². The fraction of sp³-hybridized carbons (Fsp3) is 0.381. The summed E-state index contributed by atoms with van der Waals surface area (Å²) in [6, 6.07) is 16.5. The molecule has 4 N–H and O–H groups in total. The largest absolute Gasteiger partial charge is 0.481 e. The van der Waals surface area contributed by atoms with E-state index in [9.17, 15) is 9.90 Å². The molecule has 0 saturated carbocycles. The lowest BCUT2D eigenvalue weighted by Gasteiger charge is -2.39. The first-order chi connectivity index (χ1) is 13.1. The van der Waals surface area contributed by atoms with Crippen molar-refractivity contribution in [1.82, 2.24) is 16.2 Å². The number of halogens is 1. The van der Waals surface area contributed by atoms with Gasteiger partial charge in [-0.2, -0.15) is 0 Å². The fourth-order valence-electron chi connectivity index (χ4n) is 4.34. The number of carboxylic acids is 1. The first kappa shape index (κ1) is 18.6. The molecule has 0 radical (unpaired) electrons. The van der Waals surface area contributed by atoms with E-state index in [1.807, 2.05) is 24.3 Å². The molecule has 6 heteroatoms. The van der Waals surface area contributed by atoms with Crippen LogP contribution < -0.4 is 16.2 Å². The van der Waals surface area contributed by atoms with Gasteiger partial charge in [0.05, 0.1) is 18.1 Å². The number of carboxylic acid groups (broad SMARTS) is 1. The molecule has 142 valence electrons. The first-order valence-corrected chi connectivity index (χ1v) is 10.2. The molecule has 4 rings (SSSR count). The Morgan fingerprint density at radius 1 is 1.07 bits per heavy atom. The average molecular weight is 430 g/mol. The summed E-state index contributed by atoms with van der Waals surface area (Å²) in [5, 5.41) is 13.6. The second kappa shape index (κ2) is 7.72. The summed E-state index contributed by atoms with van der Waals surface area (Å²) in [4.78, 5) is 12.1. The van der Waals surface area contributed by atoms with Crippen LogP contribution in [0.3, 0.4) is 0 Å². The normalized spacial score (nSPS) is 30.1. The quantitative estimate of drug-likeness (QED) is 0.598. The molecule has 2 fully saturated rings. The van der Waals surface area contributed by atoms with Gasteiger partial charge in [0.2, 0.25) is 0 Å². The van der Waals surface area contributed by atoms with Gasteiger partial charge in [-0.25, -0.2) is 10.9 Å². The lowest BCUT2D eigenvalue weighted by atomic mass is 9.75. The van der Waals surface area contributed by atoms with Crippen LogP contribution in [0.25, 0.3) is 0 Å². The molecule has 2 saturated heterocycles. The van der Waals surface area contributed by atoms with Gasteiger partial charge in [-0.05, 0) is 41.7 Å². The Kier molecular flexibility index (Phi) is 5.32. The van der Waals surface area contributed by atoms with Crippen LogP contribution >= 0.6 is 15.9 Å². The van der Waals surface area contributed by atoms with Crippen molar-refractivity contribution in [2.45, 2.75) is 38.0 Å². The predicted octanol–water partition coefficient (Wildman–Crippen LogP) is 3.54. The van der Waals surface area contributed by atoms with E-state index in [-0.39, 0.29) is 24.2 Å². The van der Waals surface area contributed by atoms with Crippen molar-refractivity contribution in [2.24, 2.45) is 11.8 Å². The molecule has 2 aliphatic heterocycles. The molecule has 0 aromatic heterocycles. The summed E-state index contributed by atoms with van der Waals surface area (Å²) in [6.45, 7) is 2.13. The maximum absolute atomic E-state index is 12.1. The molecule has 0 aliphatic carbocycles. The van der Waals surface area contributed by atoms with Gasteiger partial charge in [-0.3, -0.25) is 10.1 Å². The molecule has 0 spiro atoms. The Morgan fingerprint density at radius 3 is 2.37 bits per heavy atom. The maximum Gasteiger partial charge on any atom is 0.307 e. The highest BCUT2D eigenvalue weighted by molar-refractivity contribution is 9.10. The van der Waals surface area contributed by atoms with Crippen LogP contribution in [0.5, 0.6) is 0 Å². The summed E-state index contributed by atoms with van der Waals surface area (Å²) in [7, 11) is 0. The molecule has 5 atom stereocenters. The van der Waals surface area contributed by atoms with Gasteiger partial charge >= 0.3 is 5.97 Å². The van der Waals surface area contributed by atoms with E-state index in [0.29, 0.717) is 6.42 Å². The zero-order chi connectivity index (χ0) is 19.0. The zero-order valence-electron chi connectivity index (χ0n) is 15.2. The number of hydrogen-bond acceptors (Lipinski definition) is 4. The summed E-state index contributed by atoms with van der Waals surface area (Å²) >= 11 is 3.46. The van der Waals surface area contributed by atoms with E-state index in [1.54, 1.807) is 0 Å². The van der Waals surface area contributed by atoms with Gasteiger partial charge in [-0.15, -0.1) is 0 Å². The van der Waals surface area contributed by atoms with Crippen LogP contribution in [-0.4, -0.2) is 17.2 Å². The minimum atomic E-state index is -0.728. The number of nitrogens with one attached hydrogen (secondary N) is 3. The molecule has 5 nitrogen and oxygen atoms in total. The minimum absolute atomic E-state index is 0.0243. The Balaban J connectivity index is 1.59. The molecule has 2 aromatic rings. The number of benzene rings is 2. The van der Waals surface area contributed by atoms with E-state index in [2.05, 4.69) is 63.3 Å². The monoisotopic (exact) mass is 429 g/mol. The van der Waals surface area contributed by atoms with Crippen molar-refractivity contribution in [2.75, 3.05) is 0 Å². The first-order valence-electron chi connectivity index (χ1n) is 9.41. The van der Waals surface area contributed by atoms with E-state index < -0.39 is 11.9 Å². The van der Waals surface area contributed by atoms with Crippen LogP contribution in [0.4, 0.5) is 0 Å². The van der Waals surface area contributed by atoms with E-state index in [0.717, 1.165) is 22.0 Å². The van der Waals surface area contributed by atoms with Gasteiger partial charge in [-0.1, -0.05) is 59.3 Å². The molecule has 0 bridgehead atoms. The second-order valence-electron chi connectivity index (χ2n) is 7.37. The average Bonchev–Trinajstić information content (AvgIpc) is 3.12. The standard InChI is InChI=1S/C21H24BrN3O2/c1-2-12-3-5-13(6-4-12)17-11-16(21(26)27)18-19(24-25-20(18)23-17)14-7-9-15(22)10-8-14/h3-10,16-20,23-25H,2,11H2,1H3,(H,26,27). The summed E-state index contributed by atoms with van der Waals surface area (Å²) in [5.74, 6) is -1.22. The van der Waals surface area contributed by atoms with Crippen LogP contribution in [-0.2, 0) is 11.2 Å². The third-order valence-electron chi connectivity index (χ3n) is 5.84. The van der Waals surface area contributed by atoms with Crippen molar-refractivity contribution in [3.05, 3.63) is 69.7 Å². The Labute approximate surface area is 167 Å². The van der Waals surface area contributed by atoms with E-state index in [1.165, 1.54) is 5.56 Å². The third kappa shape index (κ3) is 3.67. The molecular formula is C21H24BrN3O2. The zero-order valence-corrected chi connectivity index (χ0v) is 16.7. The van der Waals surface area contributed by atoms with Crippen molar-refractivity contribution >= 4 is 21.9 Å². The maximum atomic E-state index is 12.1. The minimum Gasteiger partial charge on any atom is -0.481 e. The Morgan fingerprint density at radius 2 is 1.74 bits per heavy atom. The van der Waals surface area contributed by atoms with E-state index in [4.69, 9.17) is 0 Å². The molecule has 2 heterocycles. The lowest BCUT2D eigenvalue weighted by molar-refractivity contribution is -0.146. The van der Waals surface area contributed by atoms with Crippen molar-refractivity contribution in [3.8, 4) is 0 Å². The van der Waals surface area contributed by atoms with Crippen molar-refractivity contribution in [1.29, 1.82) is 0 Å². The van der Waals surface area contributed by atoms with Gasteiger partial charge in [0, 0.05) is 16.4 Å². The van der Waals surface area contributed by atoms with Gasteiger partial charge in [0.1, 0.15) is 0 Å².